The smallest absolute Gasteiger partial charge is 0.221 e. The van der Waals surface area contributed by atoms with E-state index in [4.69, 9.17) is 0 Å². The van der Waals surface area contributed by atoms with Crippen LogP contribution in [0, 0.1) is 11.6 Å². The van der Waals surface area contributed by atoms with E-state index in [0.29, 0.717) is 13.0 Å². The minimum absolute atomic E-state index is 0.160. The van der Waals surface area contributed by atoms with Crippen molar-refractivity contribution in [1.29, 1.82) is 0 Å². The van der Waals surface area contributed by atoms with Gasteiger partial charge in [0, 0.05) is 24.6 Å². The molecular weight excluding hydrogens is 238 g/mol. The highest BCUT2D eigenvalue weighted by molar-refractivity contribution is 5.76. The van der Waals surface area contributed by atoms with Crippen LogP contribution in [-0.2, 0) is 4.79 Å². The molecule has 0 spiro atoms. The first kappa shape index (κ1) is 14.6. The zero-order chi connectivity index (χ0) is 13.5. The Hall–Kier alpha value is -1.49. The van der Waals surface area contributed by atoms with Crippen molar-refractivity contribution in [3.8, 4) is 0 Å². The summed E-state index contributed by atoms with van der Waals surface area (Å²) in [5, 5.41) is 5.70. The van der Waals surface area contributed by atoms with Crippen LogP contribution in [0.3, 0.4) is 0 Å². The Kier molecular flexibility index (Phi) is 5.71. The Morgan fingerprint density at radius 3 is 2.72 bits per heavy atom. The third kappa shape index (κ3) is 4.41. The fraction of sp³-hybridized carbons (Fsp3) is 0.462. The Balaban J connectivity index is 2.54. The summed E-state index contributed by atoms with van der Waals surface area (Å²) in [5.41, 5.74) is 0.285. The maximum absolute atomic E-state index is 13.5. The first-order chi connectivity index (χ1) is 8.54. The maximum Gasteiger partial charge on any atom is 0.221 e. The van der Waals surface area contributed by atoms with Crippen LogP contribution >= 0.6 is 0 Å². The van der Waals surface area contributed by atoms with E-state index in [-0.39, 0.29) is 11.5 Å². The molecule has 18 heavy (non-hydrogen) atoms. The highest BCUT2D eigenvalue weighted by Crippen LogP contribution is 2.17. The van der Waals surface area contributed by atoms with Gasteiger partial charge in [-0.1, -0.05) is 13.0 Å². The van der Waals surface area contributed by atoms with Gasteiger partial charge in [-0.3, -0.25) is 4.79 Å². The molecule has 0 aliphatic heterocycles. The van der Waals surface area contributed by atoms with Gasteiger partial charge in [0.2, 0.25) is 5.91 Å². The highest BCUT2D eigenvalue weighted by atomic mass is 19.1. The second-order valence-corrected chi connectivity index (χ2v) is 4.06. The van der Waals surface area contributed by atoms with Gasteiger partial charge in [0.15, 0.2) is 0 Å². The molecule has 1 unspecified atom stereocenters. The van der Waals surface area contributed by atoms with E-state index in [0.717, 1.165) is 12.6 Å². The molecule has 1 amide bonds. The third-order valence-corrected chi connectivity index (χ3v) is 2.59. The van der Waals surface area contributed by atoms with E-state index >= 15 is 0 Å². The average Bonchev–Trinajstić information content (AvgIpc) is 2.28. The van der Waals surface area contributed by atoms with E-state index in [2.05, 4.69) is 10.6 Å². The summed E-state index contributed by atoms with van der Waals surface area (Å²) in [4.78, 5) is 11.5. The van der Waals surface area contributed by atoms with Crippen LogP contribution in [0.4, 0.5) is 8.78 Å². The summed E-state index contributed by atoms with van der Waals surface area (Å²) in [5.74, 6) is -1.43. The predicted octanol–water partition coefficient (Wildman–Crippen LogP) is 2.14. The highest BCUT2D eigenvalue weighted by Gasteiger charge is 2.13. The number of benzene rings is 1. The maximum atomic E-state index is 13.5. The van der Waals surface area contributed by atoms with Crippen molar-refractivity contribution in [3.05, 3.63) is 35.4 Å². The lowest BCUT2D eigenvalue weighted by atomic mass is 10.1. The Bertz CT molecular complexity index is 410. The summed E-state index contributed by atoms with van der Waals surface area (Å²) in [7, 11) is 0. The van der Waals surface area contributed by atoms with Gasteiger partial charge in [-0.15, -0.1) is 0 Å². The lowest BCUT2D eigenvalue weighted by Crippen LogP contribution is -2.30. The Morgan fingerprint density at radius 2 is 2.11 bits per heavy atom. The lowest BCUT2D eigenvalue weighted by Gasteiger charge is -2.15. The fourth-order valence-corrected chi connectivity index (χ4v) is 1.62. The van der Waals surface area contributed by atoms with Crippen LogP contribution in [-0.4, -0.2) is 19.0 Å². The summed E-state index contributed by atoms with van der Waals surface area (Å²) in [6, 6.07) is 2.87. The van der Waals surface area contributed by atoms with E-state index in [1.54, 1.807) is 6.92 Å². The van der Waals surface area contributed by atoms with Gasteiger partial charge in [-0.25, -0.2) is 8.78 Å². The number of hydrogen-bond acceptors (Lipinski definition) is 2. The molecule has 0 saturated carbocycles. The van der Waals surface area contributed by atoms with Crippen molar-refractivity contribution < 1.29 is 13.6 Å². The van der Waals surface area contributed by atoms with Crippen LogP contribution in [0.25, 0.3) is 0 Å². The van der Waals surface area contributed by atoms with Gasteiger partial charge in [0.1, 0.15) is 11.6 Å². The summed E-state index contributed by atoms with van der Waals surface area (Å²) < 4.78 is 26.2. The molecule has 1 aromatic carbocycles. The van der Waals surface area contributed by atoms with Crippen molar-refractivity contribution in [1.82, 2.24) is 10.6 Å². The molecule has 0 heterocycles. The second kappa shape index (κ2) is 7.06. The number of rotatable bonds is 6. The van der Waals surface area contributed by atoms with Crippen LogP contribution in [0.15, 0.2) is 18.2 Å². The number of carbonyl (C=O) groups excluding carboxylic acids is 1. The number of carbonyl (C=O) groups is 1. The molecule has 0 aliphatic carbocycles. The molecule has 1 atom stereocenters. The molecule has 1 aromatic rings. The van der Waals surface area contributed by atoms with Crippen molar-refractivity contribution in [2.75, 3.05) is 13.1 Å². The zero-order valence-electron chi connectivity index (χ0n) is 10.6. The van der Waals surface area contributed by atoms with Crippen molar-refractivity contribution >= 4 is 5.91 Å². The molecule has 0 saturated heterocycles. The van der Waals surface area contributed by atoms with Crippen LogP contribution < -0.4 is 10.6 Å². The number of halogens is 2. The Morgan fingerprint density at radius 1 is 1.39 bits per heavy atom. The largest absolute Gasteiger partial charge is 0.349 e. The normalized spacial score (nSPS) is 12.2. The molecule has 0 aliphatic rings. The molecule has 1 rings (SSSR count). The minimum atomic E-state index is -0.644. The first-order valence-electron chi connectivity index (χ1n) is 5.99. The van der Waals surface area contributed by atoms with Gasteiger partial charge in [0.25, 0.3) is 0 Å². The second-order valence-electron chi connectivity index (χ2n) is 4.06. The number of amides is 1. The van der Waals surface area contributed by atoms with Gasteiger partial charge in [0.05, 0.1) is 6.04 Å². The van der Waals surface area contributed by atoms with Crippen LogP contribution in [0.5, 0.6) is 0 Å². The average molecular weight is 256 g/mol. The van der Waals surface area contributed by atoms with E-state index in [1.807, 2.05) is 6.92 Å². The molecule has 2 N–H and O–H groups in total. The van der Waals surface area contributed by atoms with Crippen LogP contribution in [0.2, 0.25) is 0 Å². The topological polar surface area (TPSA) is 41.1 Å². The summed E-state index contributed by atoms with van der Waals surface area (Å²) in [6.07, 6.45) is 0.334. The van der Waals surface area contributed by atoms with Crippen LogP contribution in [0.1, 0.15) is 31.9 Å². The van der Waals surface area contributed by atoms with Gasteiger partial charge >= 0.3 is 0 Å². The number of nitrogens with one attached hydrogen (secondary N) is 2. The molecular formula is C13H18F2N2O. The lowest BCUT2D eigenvalue weighted by molar-refractivity contribution is -0.121. The molecule has 100 valence electrons. The van der Waals surface area contributed by atoms with Gasteiger partial charge < -0.3 is 10.6 Å². The van der Waals surface area contributed by atoms with Gasteiger partial charge in [-0.05, 0) is 19.5 Å². The minimum Gasteiger partial charge on any atom is -0.349 e. The zero-order valence-corrected chi connectivity index (χ0v) is 10.6. The predicted molar refractivity (Wildman–Crippen MR) is 66.1 cm³/mol. The quantitative estimate of drug-likeness (QED) is 0.766. The molecule has 0 bridgehead atoms. The van der Waals surface area contributed by atoms with Crippen molar-refractivity contribution in [2.45, 2.75) is 26.3 Å². The third-order valence-electron chi connectivity index (χ3n) is 2.59. The Labute approximate surface area is 106 Å². The summed E-state index contributed by atoms with van der Waals surface area (Å²) >= 11 is 0. The molecule has 0 aromatic heterocycles. The van der Waals surface area contributed by atoms with Crippen molar-refractivity contribution in [3.63, 3.8) is 0 Å². The molecule has 0 radical (unpaired) electrons. The monoisotopic (exact) mass is 256 g/mol. The van der Waals surface area contributed by atoms with E-state index in [1.165, 1.54) is 12.1 Å². The summed E-state index contributed by atoms with van der Waals surface area (Å²) in [6.45, 7) is 5.01. The standard InChI is InChI=1S/C13H18F2N2O/c1-3-16-7-6-13(18)17-9(2)11-5-4-10(14)8-12(11)15/h4-5,8-9,16H,3,6-7H2,1-2H3,(H,17,18). The number of hydrogen-bond donors (Lipinski definition) is 2. The van der Waals surface area contributed by atoms with E-state index in [9.17, 15) is 13.6 Å². The molecule has 0 fully saturated rings. The molecule has 3 nitrogen and oxygen atoms in total. The first-order valence-corrected chi connectivity index (χ1v) is 5.99. The van der Waals surface area contributed by atoms with Crippen molar-refractivity contribution in [2.24, 2.45) is 0 Å². The molecule has 5 heteroatoms. The SMILES string of the molecule is CCNCCC(=O)NC(C)c1ccc(F)cc1F. The van der Waals surface area contributed by atoms with Gasteiger partial charge in [-0.2, -0.15) is 0 Å². The fourth-order valence-electron chi connectivity index (χ4n) is 1.62. The van der Waals surface area contributed by atoms with E-state index < -0.39 is 17.7 Å².